The number of rotatable bonds is 5. The first-order chi connectivity index (χ1) is 11.5. The van der Waals surface area contributed by atoms with Crippen LogP contribution in [-0.2, 0) is 17.8 Å². The largest absolute Gasteiger partial charge is 0.384 e. The van der Waals surface area contributed by atoms with E-state index in [2.05, 4.69) is 46.7 Å². The number of hydrogen-bond donors (Lipinski definition) is 2. The topological polar surface area (TPSA) is 44.4 Å². The highest BCUT2D eigenvalue weighted by atomic mass is 16.2. The number of likely N-dealkylation sites (N-methyl/N-ethyl adjacent to an activating group) is 1. The van der Waals surface area contributed by atoms with E-state index in [1.807, 2.05) is 26.1 Å². The normalized spacial score (nSPS) is 12.8. The van der Waals surface area contributed by atoms with Crippen LogP contribution in [0.1, 0.15) is 22.3 Å². The number of carbonyl (C=O) groups is 1. The van der Waals surface area contributed by atoms with Crippen molar-refractivity contribution in [3.63, 3.8) is 0 Å². The summed E-state index contributed by atoms with van der Waals surface area (Å²) >= 11 is 0. The summed E-state index contributed by atoms with van der Waals surface area (Å²) in [4.78, 5) is 14.4. The van der Waals surface area contributed by atoms with Crippen LogP contribution in [0.2, 0.25) is 0 Å². The van der Waals surface area contributed by atoms with Gasteiger partial charge < -0.3 is 10.6 Å². The maximum absolute atomic E-state index is 12.3. The van der Waals surface area contributed by atoms with Crippen LogP contribution in [0.15, 0.2) is 36.4 Å². The third kappa shape index (κ3) is 3.60. The van der Waals surface area contributed by atoms with Gasteiger partial charge in [-0.05, 0) is 55.6 Å². The molecular formula is C20H25N3O. The number of anilines is 2. The number of aryl methyl sites for hydroxylation is 1. The third-order valence-corrected chi connectivity index (χ3v) is 4.67. The maximum atomic E-state index is 12.3. The fourth-order valence-corrected chi connectivity index (χ4v) is 3.21. The van der Waals surface area contributed by atoms with Gasteiger partial charge in [-0.3, -0.25) is 9.69 Å². The van der Waals surface area contributed by atoms with Crippen LogP contribution in [0.3, 0.4) is 0 Å². The summed E-state index contributed by atoms with van der Waals surface area (Å²) in [6, 6.07) is 12.4. The quantitative estimate of drug-likeness (QED) is 0.887. The van der Waals surface area contributed by atoms with E-state index >= 15 is 0 Å². The van der Waals surface area contributed by atoms with Gasteiger partial charge in [0, 0.05) is 24.5 Å². The van der Waals surface area contributed by atoms with Gasteiger partial charge >= 0.3 is 0 Å². The van der Waals surface area contributed by atoms with Crippen molar-refractivity contribution >= 4 is 17.3 Å². The van der Waals surface area contributed by atoms with Crippen LogP contribution >= 0.6 is 0 Å². The summed E-state index contributed by atoms with van der Waals surface area (Å²) < 4.78 is 0. The van der Waals surface area contributed by atoms with Crippen LogP contribution in [0.5, 0.6) is 0 Å². The Hall–Kier alpha value is -2.33. The van der Waals surface area contributed by atoms with Crippen molar-refractivity contribution in [2.24, 2.45) is 0 Å². The lowest BCUT2D eigenvalue weighted by atomic mass is 10.1. The van der Waals surface area contributed by atoms with Gasteiger partial charge in [0.25, 0.3) is 0 Å². The van der Waals surface area contributed by atoms with Gasteiger partial charge in [-0.1, -0.05) is 30.3 Å². The molecule has 126 valence electrons. The van der Waals surface area contributed by atoms with E-state index in [1.54, 1.807) is 0 Å². The lowest BCUT2D eigenvalue weighted by Gasteiger charge is -2.19. The van der Waals surface area contributed by atoms with Crippen LogP contribution in [0.25, 0.3) is 0 Å². The van der Waals surface area contributed by atoms with E-state index in [0.717, 1.165) is 30.8 Å². The molecule has 2 aromatic carbocycles. The van der Waals surface area contributed by atoms with Crippen LogP contribution in [0.4, 0.5) is 11.4 Å². The van der Waals surface area contributed by atoms with Crippen molar-refractivity contribution in [2.75, 3.05) is 30.8 Å². The van der Waals surface area contributed by atoms with Gasteiger partial charge in [-0.2, -0.15) is 0 Å². The number of hydrogen-bond acceptors (Lipinski definition) is 3. The van der Waals surface area contributed by atoms with E-state index < -0.39 is 0 Å². The lowest BCUT2D eigenvalue weighted by molar-refractivity contribution is -0.117. The van der Waals surface area contributed by atoms with Gasteiger partial charge in [-0.15, -0.1) is 0 Å². The molecule has 0 aromatic heterocycles. The molecule has 0 bridgehead atoms. The zero-order valence-corrected chi connectivity index (χ0v) is 14.6. The van der Waals surface area contributed by atoms with Crippen molar-refractivity contribution in [3.8, 4) is 0 Å². The number of nitrogens with zero attached hydrogens (tertiary/aromatic N) is 1. The molecule has 1 aliphatic rings. The highest BCUT2D eigenvalue weighted by molar-refractivity contribution is 5.93. The molecule has 4 heteroatoms. The predicted molar refractivity (Wildman–Crippen MR) is 99.5 cm³/mol. The number of benzene rings is 2. The fraction of sp³-hybridized carbons (Fsp3) is 0.350. The Bertz CT molecular complexity index is 755. The molecule has 2 N–H and O–H groups in total. The molecular weight excluding hydrogens is 298 g/mol. The Morgan fingerprint density at radius 3 is 2.83 bits per heavy atom. The van der Waals surface area contributed by atoms with Gasteiger partial charge in [0.1, 0.15) is 0 Å². The average Bonchev–Trinajstić information content (AvgIpc) is 3.01. The molecule has 1 aliphatic heterocycles. The van der Waals surface area contributed by atoms with E-state index in [9.17, 15) is 4.79 Å². The van der Waals surface area contributed by atoms with Gasteiger partial charge in [0.15, 0.2) is 0 Å². The Labute approximate surface area is 143 Å². The van der Waals surface area contributed by atoms with E-state index in [1.165, 1.54) is 22.4 Å². The lowest BCUT2D eigenvalue weighted by Crippen LogP contribution is -2.30. The van der Waals surface area contributed by atoms with E-state index in [0.29, 0.717) is 6.54 Å². The first-order valence-electron chi connectivity index (χ1n) is 8.44. The SMILES string of the molecule is Cc1cccc(NC(=O)CN(C)Cc2cccc3c2NCC3)c1C. The van der Waals surface area contributed by atoms with Crippen molar-refractivity contribution in [1.29, 1.82) is 0 Å². The van der Waals surface area contributed by atoms with Crippen LogP contribution < -0.4 is 10.6 Å². The zero-order valence-electron chi connectivity index (χ0n) is 14.6. The Kier molecular flexibility index (Phi) is 4.86. The molecule has 24 heavy (non-hydrogen) atoms. The minimum absolute atomic E-state index is 0.0201. The summed E-state index contributed by atoms with van der Waals surface area (Å²) in [6.45, 7) is 6.23. The summed E-state index contributed by atoms with van der Waals surface area (Å²) in [5, 5.41) is 6.48. The average molecular weight is 323 g/mol. The summed E-state index contributed by atoms with van der Waals surface area (Å²) in [6.07, 6.45) is 1.08. The summed E-state index contributed by atoms with van der Waals surface area (Å²) in [5.74, 6) is 0.0201. The molecule has 0 atom stereocenters. The smallest absolute Gasteiger partial charge is 0.238 e. The van der Waals surface area contributed by atoms with Crippen molar-refractivity contribution in [1.82, 2.24) is 4.90 Å². The standard InChI is InChI=1S/C20H25N3O/c1-14-6-4-9-18(15(14)2)22-19(24)13-23(3)12-17-8-5-7-16-10-11-21-20(16)17/h4-9,21H,10-13H2,1-3H3,(H,22,24). The molecule has 1 heterocycles. The van der Waals surface area contributed by atoms with Crippen molar-refractivity contribution < 1.29 is 4.79 Å². The molecule has 0 unspecified atom stereocenters. The number of amides is 1. The van der Waals surface area contributed by atoms with Gasteiger partial charge in [0.05, 0.1) is 6.54 Å². The van der Waals surface area contributed by atoms with E-state index in [-0.39, 0.29) is 5.91 Å². The highest BCUT2D eigenvalue weighted by Crippen LogP contribution is 2.27. The number of carbonyl (C=O) groups excluding carboxylic acids is 1. The molecule has 3 rings (SSSR count). The predicted octanol–water partition coefficient (Wildman–Crippen LogP) is 3.34. The minimum atomic E-state index is 0.0201. The minimum Gasteiger partial charge on any atom is -0.384 e. The fourth-order valence-electron chi connectivity index (χ4n) is 3.21. The molecule has 2 aromatic rings. The Morgan fingerprint density at radius 2 is 2.00 bits per heavy atom. The molecule has 0 saturated heterocycles. The Morgan fingerprint density at radius 1 is 1.21 bits per heavy atom. The monoisotopic (exact) mass is 323 g/mol. The molecule has 0 fully saturated rings. The number of fused-ring (bicyclic) bond motifs is 1. The first kappa shape index (κ1) is 16.5. The number of nitrogens with one attached hydrogen (secondary N) is 2. The second kappa shape index (κ2) is 7.05. The maximum Gasteiger partial charge on any atom is 0.238 e. The zero-order chi connectivity index (χ0) is 17.1. The van der Waals surface area contributed by atoms with Gasteiger partial charge in [-0.25, -0.2) is 0 Å². The summed E-state index contributed by atoms with van der Waals surface area (Å²) in [5.41, 5.74) is 7.09. The molecule has 0 aliphatic carbocycles. The highest BCUT2D eigenvalue weighted by Gasteiger charge is 2.16. The van der Waals surface area contributed by atoms with Gasteiger partial charge in [0.2, 0.25) is 5.91 Å². The second-order valence-electron chi connectivity index (χ2n) is 6.60. The molecule has 1 amide bonds. The summed E-state index contributed by atoms with van der Waals surface area (Å²) in [7, 11) is 1.98. The third-order valence-electron chi connectivity index (χ3n) is 4.67. The van der Waals surface area contributed by atoms with E-state index in [4.69, 9.17) is 0 Å². The van der Waals surface area contributed by atoms with Crippen LogP contribution in [-0.4, -0.2) is 30.9 Å². The number of para-hydroxylation sites is 1. The molecule has 0 radical (unpaired) electrons. The van der Waals surface area contributed by atoms with Crippen LogP contribution in [0, 0.1) is 13.8 Å². The molecule has 4 nitrogen and oxygen atoms in total. The van der Waals surface area contributed by atoms with Crippen molar-refractivity contribution in [3.05, 3.63) is 58.7 Å². The van der Waals surface area contributed by atoms with Crippen molar-refractivity contribution in [2.45, 2.75) is 26.8 Å². The molecule has 0 spiro atoms. The first-order valence-corrected chi connectivity index (χ1v) is 8.44. The second-order valence-corrected chi connectivity index (χ2v) is 6.60. The molecule has 0 saturated carbocycles. The Balaban J connectivity index is 1.61.